The number of anilines is 2. The molecule has 3 rings (SSSR count). The number of hydrogen-bond donors (Lipinski definition) is 3. The van der Waals surface area contributed by atoms with E-state index in [9.17, 15) is 4.79 Å². The van der Waals surface area contributed by atoms with Crippen LogP contribution in [0.5, 0.6) is 0 Å². The van der Waals surface area contributed by atoms with Crippen LogP contribution in [0.2, 0.25) is 0 Å². The molecule has 0 amide bonds. The monoisotopic (exact) mass is 310 g/mol. The van der Waals surface area contributed by atoms with Crippen molar-refractivity contribution in [3.8, 4) is 0 Å². The minimum Gasteiger partial charge on any atom is -0.476 e. The standard InChI is InChI=1S/C17H18N4O2/c1-21(2)15-6-4-3-5-11(15)10-18-12-7-8-14-13(9-12)16(17(22)23)20-19-14/h3-9,18H,10H2,1-2H3,(H,19,20)(H,22,23). The lowest BCUT2D eigenvalue weighted by Gasteiger charge is -2.18. The van der Waals surface area contributed by atoms with Crippen LogP contribution < -0.4 is 10.2 Å². The van der Waals surface area contributed by atoms with Crippen LogP contribution in [0.25, 0.3) is 10.9 Å². The van der Waals surface area contributed by atoms with Crippen molar-refractivity contribution in [2.45, 2.75) is 6.54 Å². The number of carboxylic acids is 1. The fourth-order valence-corrected chi connectivity index (χ4v) is 2.58. The van der Waals surface area contributed by atoms with E-state index in [4.69, 9.17) is 5.11 Å². The first kappa shape index (κ1) is 14.9. The topological polar surface area (TPSA) is 81.2 Å². The highest BCUT2D eigenvalue weighted by Crippen LogP contribution is 2.23. The summed E-state index contributed by atoms with van der Waals surface area (Å²) in [4.78, 5) is 13.2. The Kier molecular flexibility index (Phi) is 3.89. The van der Waals surface area contributed by atoms with Crippen LogP contribution in [0, 0.1) is 0 Å². The van der Waals surface area contributed by atoms with Crippen LogP contribution in [0.4, 0.5) is 11.4 Å². The molecular weight excluding hydrogens is 292 g/mol. The highest BCUT2D eigenvalue weighted by atomic mass is 16.4. The molecule has 1 heterocycles. The molecule has 0 atom stereocenters. The van der Waals surface area contributed by atoms with Crippen molar-refractivity contribution in [1.82, 2.24) is 10.2 Å². The zero-order valence-corrected chi connectivity index (χ0v) is 13.0. The number of nitrogens with zero attached hydrogens (tertiary/aromatic N) is 2. The van der Waals surface area contributed by atoms with Gasteiger partial charge in [-0.2, -0.15) is 5.10 Å². The molecule has 0 fully saturated rings. The Balaban J connectivity index is 1.85. The number of aromatic amines is 1. The number of H-pyrrole nitrogens is 1. The van der Waals surface area contributed by atoms with Crippen LogP contribution >= 0.6 is 0 Å². The largest absolute Gasteiger partial charge is 0.476 e. The molecule has 3 N–H and O–H groups in total. The number of aromatic nitrogens is 2. The first-order valence-electron chi connectivity index (χ1n) is 7.27. The van der Waals surface area contributed by atoms with E-state index in [0.29, 0.717) is 17.4 Å². The maximum atomic E-state index is 11.2. The van der Waals surface area contributed by atoms with E-state index < -0.39 is 5.97 Å². The van der Waals surface area contributed by atoms with Gasteiger partial charge in [0.25, 0.3) is 0 Å². The van der Waals surface area contributed by atoms with Crippen molar-refractivity contribution in [2.75, 3.05) is 24.3 Å². The zero-order valence-electron chi connectivity index (χ0n) is 13.0. The Morgan fingerprint density at radius 2 is 2.04 bits per heavy atom. The molecule has 1 aromatic heterocycles. The number of carboxylic acid groups (broad SMARTS) is 1. The summed E-state index contributed by atoms with van der Waals surface area (Å²) < 4.78 is 0. The fraction of sp³-hybridized carbons (Fsp3) is 0.176. The van der Waals surface area contributed by atoms with E-state index in [1.54, 1.807) is 6.07 Å². The Labute approximate surface area is 133 Å². The van der Waals surface area contributed by atoms with E-state index in [-0.39, 0.29) is 5.69 Å². The number of hydrogen-bond acceptors (Lipinski definition) is 4. The third kappa shape index (κ3) is 2.96. The lowest BCUT2D eigenvalue weighted by molar-refractivity contribution is 0.0692. The molecule has 0 spiro atoms. The van der Waals surface area contributed by atoms with Crippen molar-refractivity contribution in [2.24, 2.45) is 0 Å². The van der Waals surface area contributed by atoms with Gasteiger partial charge in [-0.05, 0) is 29.8 Å². The fourth-order valence-electron chi connectivity index (χ4n) is 2.58. The van der Waals surface area contributed by atoms with Gasteiger partial charge in [-0.3, -0.25) is 5.10 Å². The molecular formula is C17H18N4O2. The second kappa shape index (κ2) is 6.00. The summed E-state index contributed by atoms with van der Waals surface area (Å²) in [5, 5.41) is 19.7. The van der Waals surface area contributed by atoms with Crippen LogP contribution in [-0.4, -0.2) is 35.4 Å². The van der Waals surface area contributed by atoms with Crippen molar-refractivity contribution in [3.63, 3.8) is 0 Å². The summed E-state index contributed by atoms with van der Waals surface area (Å²) in [6, 6.07) is 13.7. The first-order valence-corrected chi connectivity index (χ1v) is 7.27. The zero-order chi connectivity index (χ0) is 16.4. The van der Waals surface area contributed by atoms with E-state index >= 15 is 0 Å². The van der Waals surface area contributed by atoms with Crippen LogP contribution in [-0.2, 0) is 6.54 Å². The molecule has 0 saturated carbocycles. The van der Waals surface area contributed by atoms with Gasteiger partial charge in [0.1, 0.15) is 0 Å². The van der Waals surface area contributed by atoms with Crippen LogP contribution in [0.3, 0.4) is 0 Å². The minimum atomic E-state index is -1.04. The molecule has 0 aliphatic heterocycles. The summed E-state index contributed by atoms with van der Waals surface area (Å²) in [6.45, 7) is 0.653. The third-order valence-corrected chi connectivity index (χ3v) is 3.72. The van der Waals surface area contributed by atoms with Gasteiger partial charge in [-0.15, -0.1) is 0 Å². The molecule has 118 valence electrons. The Bertz CT molecular complexity index is 855. The number of fused-ring (bicyclic) bond motifs is 1. The smallest absolute Gasteiger partial charge is 0.357 e. The molecule has 0 saturated heterocycles. The Hall–Kier alpha value is -3.02. The maximum Gasteiger partial charge on any atom is 0.357 e. The molecule has 6 nitrogen and oxygen atoms in total. The van der Waals surface area contributed by atoms with Gasteiger partial charge in [0.2, 0.25) is 0 Å². The maximum absolute atomic E-state index is 11.2. The number of rotatable bonds is 5. The Morgan fingerprint density at radius 3 is 2.78 bits per heavy atom. The summed E-state index contributed by atoms with van der Waals surface area (Å²) in [6.07, 6.45) is 0. The summed E-state index contributed by atoms with van der Waals surface area (Å²) in [5.41, 5.74) is 3.92. The predicted molar refractivity (Wildman–Crippen MR) is 91.1 cm³/mol. The summed E-state index contributed by atoms with van der Waals surface area (Å²) in [5.74, 6) is -1.04. The lowest BCUT2D eigenvalue weighted by Crippen LogP contribution is -2.12. The quantitative estimate of drug-likeness (QED) is 0.675. The average Bonchev–Trinajstić information content (AvgIpc) is 2.96. The SMILES string of the molecule is CN(C)c1ccccc1CNc1ccc2[nH]nc(C(=O)O)c2c1. The first-order chi connectivity index (χ1) is 11.1. The number of para-hydroxylation sites is 1. The Morgan fingerprint density at radius 1 is 1.26 bits per heavy atom. The van der Waals surface area contributed by atoms with Gasteiger partial charge >= 0.3 is 5.97 Å². The molecule has 0 bridgehead atoms. The van der Waals surface area contributed by atoms with Crippen LogP contribution in [0.15, 0.2) is 42.5 Å². The predicted octanol–water partition coefficient (Wildman–Crippen LogP) is 2.94. The molecule has 0 aliphatic carbocycles. The molecule has 0 radical (unpaired) electrons. The van der Waals surface area contributed by atoms with Gasteiger partial charge in [0, 0.05) is 37.4 Å². The molecule has 2 aromatic carbocycles. The van der Waals surface area contributed by atoms with Gasteiger partial charge in [-0.1, -0.05) is 18.2 Å². The van der Waals surface area contributed by atoms with Crippen molar-refractivity contribution >= 4 is 28.2 Å². The second-order valence-electron chi connectivity index (χ2n) is 5.51. The number of nitrogens with one attached hydrogen (secondary N) is 2. The van der Waals surface area contributed by atoms with Crippen molar-refractivity contribution < 1.29 is 9.90 Å². The lowest BCUT2D eigenvalue weighted by atomic mass is 10.1. The van der Waals surface area contributed by atoms with E-state index in [0.717, 1.165) is 11.4 Å². The second-order valence-corrected chi connectivity index (χ2v) is 5.51. The van der Waals surface area contributed by atoms with Crippen LogP contribution in [0.1, 0.15) is 16.1 Å². The normalized spacial score (nSPS) is 10.7. The van der Waals surface area contributed by atoms with Gasteiger partial charge in [0.05, 0.1) is 5.52 Å². The van der Waals surface area contributed by atoms with Gasteiger partial charge in [0.15, 0.2) is 5.69 Å². The molecule has 0 unspecified atom stereocenters. The number of benzene rings is 2. The van der Waals surface area contributed by atoms with Gasteiger partial charge < -0.3 is 15.3 Å². The minimum absolute atomic E-state index is 0.0392. The molecule has 23 heavy (non-hydrogen) atoms. The highest BCUT2D eigenvalue weighted by molar-refractivity contribution is 6.01. The van der Waals surface area contributed by atoms with E-state index in [1.165, 1.54) is 5.56 Å². The van der Waals surface area contributed by atoms with Crippen molar-refractivity contribution in [3.05, 3.63) is 53.7 Å². The van der Waals surface area contributed by atoms with E-state index in [2.05, 4.69) is 32.5 Å². The molecule has 6 heteroatoms. The highest BCUT2D eigenvalue weighted by Gasteiger charge is 2.13. The van der Waals surface area contributed by atoms with E-state index in [1.807, 2.05) is 38.4 Å². The summed E-state index contributed by atoms with van der Waals surface area (Å²) >= 11 is 0. The number of carbonyl (C=O) groups is 1. The third-order valence-electron chi connectivity index (χ3n) is 3.72. The summed E-state index contributed by atoms with van der Waals surface area (Å²) in [7, 11) is 4.02. The average molecular weight is 310 g/mol. The molecule has 3 aromatic rings. The van der Waals surface area contributed by atoms with Crippen molar-refractivity contribution in [1.29, 1.82) is 0 Å². The molecule has 0 aliphatic rings. The van der Waals surface area contributed by atoms with Gasteiger partial charge in [-0.25, -0.2) is 4.79 Å². The number of aromatic carboxylic acids is 1.